The second-order valence-electron chi connectivity index (χ2n) is 4.62. The maximum Gasteiger partial charge on any atom is 0.573 e. The molecule has 1 fully saturated rings. The van der Waals surface area contributed by atoms with Crippen LogP contribution in [-0.2, 0) is 4.79 Å². The van der Waals surface area contributed by atoms with Gasteiger partial charge >= 0.3 is 6.36 Å². The van der Waals surface area contributed by atoms with E-state index in [0.29, 0.717) is 25.4 Å². The van der Waals surface area contributed by atoms with E-state index in [4.69, 9.17) is 16.3 Å². The lowest BCUT2D eigenvalue weighted by molar-refractivity contribution is -0.274. The third-order valence-corrected chi connectivity index (χ3v) is 3.10. The summed E-state index contributed by atoms with van der Waals surface area (Å²) in [5.74, 6) is 0.188. The number of ether oxygens (including phenoxy) is 2. The molecule has 0 amide bonds. The molecule has 0 atom stereocenters. The van der Waals surface area contributed by atoms with E-state index in [1.165, 1.54) is 24.3 Å². The topological polar surface area (TPSA) is 38.8 Å². The highest BCUT2D eigenvalue weighted by Gasteiger charge is 2.31. The fourth-order valence-electron chi connectivity index (χ4n) is 1.94. The van der Waals surface area contributed by atoms with Crippen LogP contribution < -0.4 is 9.47 Å². The summed E-state index contributed by atoms with van der Waals surface area (Å²) in [6, 6.07) is 5.24. The van der Waals surface area contributed by atoms with Gasteiger partial charge < -0.3 is 9.47 Å². The minimum absolute atomic E-state index is 0.0372. The van der Waals surface area contributed by atoms with Crippen molar-refractivity contribution in [3.8, 4) is 11.5 Å². The van der Waals surface area contributed by atoms with E-state index in [9.17, 15) is 18.0 Å². The first-order valence-corrected chi connectivity index (χ1v) is 6.63. The van der Waals surface area contributed by atoms with Gasteiger partial charge in [0.25, 0.3) is 0 Å². The quantitative estimate of drug-likeness (QED) is 0.755. The monoisotopic (exact) mass is 323 g/mol. The zero-order valence-electron chi connectivity index (χ0n) is 10.9. The Balaban J connectivity index is 1.74. The average Bonchev–Trinajstić information content (AvgIpc) is 2.31. The van der Waals surface area contributed by atoms with Gasteiger partial charge in [-0.05, 0) is 35.9 Å². The highest BCUT2D eigenvalue weighted by molar-refractivity contribution is 6.63. The number of hydrogen-bond acceptors (Lipinski definition) is 4. The number of carbonyl (C=O) groups excluding carboxylic acids is 1. The lowest BCUT2D eigenvalue weighted by Gasteiger charge is -2.38. The largest absolute Gasteiger partial charge is 0.573 e. The molecule has 1 aliphatic rings. The van der Waals surface area contributed by atoms with Crippen LogP contribution in [0.5, 0.6) is 11.5 Å². The van der Waals surface area contributed by atoms with Gasteiger partial charge in [0.05, 0.1) is 0 Å². The number of halogens is 4. The van der Waals surface area contributed by atoms with Crippen molar-refractivity contribution in [1.82, 2.24) is 4.90 Å². The summed E-state index contributed by atoms with van der Waals surface area (Å²) in [6.07, 6.45) is -4.45. The second-order valence-corrected chi connectivity index (χ2v) is 5.05. The van der Waals surface area contributed by atoms with Gasteiger partial charge in [-0.3, -0.25) is 9.69 Å². The number of alkyl halides is 3. The van der Waals surface area contributed by atoms with Crippen LogP contribution in [0.3, 0.4) is 0 Å². The maximum atomic E-state index is 12.0. The van der Waals surface area contributed by atoms with E-state index in [1.807, 2.05) is 4.90 Å². The summed E-state index contributed by atoms with van der Waals surface area (Å²) >= 11 is 5.24. The van der Waals surface area contributed by atoms with E-state index < -0.39 is 6.36 Å². The first-order chi connectivity index (χ1) is 9.82. The van der Waals surface area contributed by atoms with Crippen molar-refractivity contribution in [3.63, 3.8) is 0 Å². The fraction of sp³-hybridized carbons (Fsp3) is 0.462. The summed E-state index contributed by atoms with van der Waals surface area (Å²) in [6.45, 7) is 1.90. The van der Waals surface area contributed by atoms with Crippen LogP contribution in [0.25, 0.3) is 0 Å². The van der Waals surface area contributed by atoms with Crippen molar-refractivity contribution in [3.05, 3.63) is 24.3 Å². The first-order valence-electron chi connectivity index (χ1n) is 6.25. The number of benzene rings is 1. The van der Waals surface area contributed by atoms with Crippen LogP contribution in [-0.4, -0.2) is 42.2 Å². The SMILES string of the molecule is O=C(Cl)CCN1CC(Oc2ccc(OC(F)(F)F)cc2)C1. The van der Waals surface area contributed by atoms with Crippen LogP contribution >= 0.6 is 11.6 Å². The normalized spacial score (nSPS) is 16.4. The Morgan fingerprint density at radius 1 is 1.24 bits per heavy atom. The van der Waals surface area contributed by atoms with Gasteiger partial charge in [-0.1, -0.05) is 0 Å². The molecule has 0 aromatic heterocycles. The standard InChI is InChI=1S/C13H13ClF3NO3/c14-12(19)5-6-18-7-11(8-18)20-9-1-3-10(4-2-9)21-13(15,16)17/h1-4,11H,5-8H2. The second kappa shape index (κ2) is 6.53. The summed E-state index contributed by atoms with van der Waals surface area (Å²) in [5, 5.41) is -0.375. The minimum Gasteiger partial charge on any atom is -0.488 e. The fourth-order valence-corrected chi connectivity index (χ4v) is 2.02. The lowest BCUT2D eigenvalue weighted by Crippen LogP contribution is -2.54. The Morgan fingerprint density at radius 3 is 2.33 bits per heavy atom. The molecule has 0 bridgehead atoms. The van der Waals surface area contributed by atoms with Crippen LogP contribution in [0.2, 0.25) is 0 Å². The van der Waals surface area contributed by atoms with E-state index in [1.54, 1.807) is 0 Å². The molecule has 4 nitrogen and oxygen atoms in total. The van der Waals surface area contributed by atoms with Crippen LogP contribution in [0.15, 0.2) is 24.3 Å². The smallest absolute Gasteiger partial charge is 0.488 e. The molecular formula is C13H13ClF3NO3. The molecule has 1 saturated heterocycles. The van der Waals surface area contributed by atoms with Crippen molar-refractivity contribution < 1.29 is 27.4 Å². The highest BCUT2D eigenvalue weighted by Crippen LogP contribution is 2.26. The Labute approximate surface area is 124 Å². The van der Waals surface area contributed by atoms with Crippen molar-refractivity contribution in [1.29, 1.82) is 0 Å². The third-order valence-electron chi connectivity index (χ3n) is 2.91. The molecule has 21 heavy (non-hydrogen) atoms. The molecule has 8 heteroatoms. The van der Waals surface area contributed by atoms with Crippen LogP contribution in [0.4, 0.5) is 13.2 Å². The van der Waals surface area contributed by atoms with E-state index in [-0.39, 0.29) is 23.5 Å². The predicted octanol–water partition coefficient (Wildman–Crippen LogP) is 2.80. The summed E-state index contributed by atoms with van der Waals surface area (Å²) in [5.41, 5.74) is 0. The molecule has 0 saturated carbocycles. The number of carbonyl (C=O) groups is 1. The van der Waals surface area contributed by atoms with Crippen LogP contribution in [0.1, 0.15) is 6.42 Å². The first kappa shape index (κ1) is 15.9. The summed E-state index contributed by atoms with van der Waals surface area (Å²) in [4.78, 5) is 12.6. The zero-order chi connectivity index (χ0) is 15.5. The van der Waals surface area contributed by atoms with Gasteiger partial charge in [-0.25, -0.2) is 0 Å². The molecule has 2 rings (SSSR count). The summed E-state index contributed by atoms with van der Waals surface area (Å²) < 4.78 is 45.3. The Morgan fingerprint density at radius 2 is 1.81 bits per heavy atom. The molecule has 0 radical (unpaired) electrons. The van der Waals surface area contributed by atoms with E-state index in [2.05, 4.69) is 4.74 Å². The summed E-state index contributed by atoms with van der Waals surface area (Å²) in [7, 11) is 0. The van der Waals surface area contributed by atoms with Crippen molar-refractivity contribution >= 4 is 16.8 Å². The molecule has 0 N–H and O–H groups in total. The molecule has 116 valence electrons. The number of rotatable bonds is 6. The Hall–Kier alpha value is -1.47. The molecule has 0 unspecified atom stereocenters. The molecule has 1 aliphatic heterocycles. The van der Waals surface area contributed by atoms with Gasteiger partial charge in [0.2, 0.25) is 5.24 Å². The highest BCUT2D eigenvalue weighted by atomic mass is 35.5. The molecule has 1 aromatic carbocycles. The van der Waals surface area contributed by atoms with Gasteiger partial charge in [0.15, 0.2) is 0 Å². The third kappa shape index (κ3) is 5.43. The zero-order valence-corrected chi connectivity index (χ0v) is 11.7. The molecule has 0 aliphatic carbocycles. The van der Waals surface area contributed by atoms with Crippen molar-refractivity contribution in [2.75, 3.05) is 19.6 Å². The predicted molar refractivity (Wildman–Crippen MR) is 69.5 cm³/mol. The van der Waals surface area contributed by atoms with E-state index in [0.717, 1.165) is 0 Å². The maximum absolute atomic E-state index is 12.0. The van der Waals surface area contributed by atoms with Gasteiger partial charge in [-0.2, -0.15) is 0 Å². The minimum atomic E-state index is -4.70. The average molecular weight is 324 g/mol. The molecule has 0 spiro atoms. The van der Waals surface area contributed by atoms with Crippen molar-refractivity contribution in [2.45, 2.75) is 18.9 Å². The van der Waals surface area contributed by atoms with E-state index >= 15 is 0 Å². The molecule has 1 aromatic rings. The van der Waals surface area contributed by atoms with Crippen LogP contribution in [0, 0.1) is 0 Å². The number of nitrogens with zero attached hydrogens (tertiary/aromatic N) is 1. The number of hydrogen-bond donors (Lipinski definition) is 0. The number of likely N-dealkylation sites (tertiary alicyclic amines) is 1. The Bertz CT molecular complexity index is 486. The van der Waals surface area contributed by atoms with Gasteiger partial charge in [-0.15, -0.1) is 13.2 Å². The van der Waals surface area contributed by atoms with Crippen molar-refractivity contribution in [2.24, 2.45) is 0 Å². The van der Waals surface area contributed by atoms with Gasteiger partial charge in [0.1, 0.15) is 17.6 Å². The lowest BCUT2D eigenvalue weighted by atomic mass is 10.1. The molecular weight excluding hydrogens is 311 g/mol. The Kier molecular flexibility index (Phi) is 4.95. The molecule has 1 heterocycles. The van der Waals surface area contributed by atoms with Gasteiger partial charge in [0, 0.05) is 26.1 Å².